The molecule has 0 aromatic heterocycles. The molecule has 3 heteroatoms. The van der Waals surface area contributed by atoms with Gasteiger partial charge in [0.15, 0.2) is 0 Å². The molecule has 2 N–H and O–H groups in total. The second kappa shape index (κ2) is 8.06. The third-order valence-corrected chi connectivity index (χ3v) is 3.81. The lowest BCUT2D eigenvalue weighted by Crippen LogP contribution is -2.38. The molecule has 0 amide bonds. The lowest BCUT2D eigenvalue weighted by molar-refractivity contribution is 0.181. The molecule has 102 valence electrons. The minimum absolute atomic E-state index is 0.479. The Morgan fingerprint density at radius 2 is 1.65 bits per heavy atom. The van der Waals surface area contributed by atoms with Crippen LogP contribution in [-0.4, -0.2) is 56.1 Å². The van der Waals surface area contributed by atoms with Crippen LogP contribution in [0.25, 0.3) is 0 Å². The number of nitrogens with two attached hydrogens (primary N) is 1. The Hall–Kier alpha value is -0.120. The average molecular weight is 241 g/mol. The maximum atomic E-state index is 5.96. The summed E-state index contributed by atoms with van der Waals surface area (Å²) in [5, 5.41) is 0. The van der Waals surface area contributed by atoms with Crippen LogP contribution < -0.4 is 5.73 Å². The van der Waals surface area contributed by atoms with E-state index in [1.165, 1.54) is 58.3 Å². The average Bonchev–Trinajstić information content (AvgIpc) is 2.29. The van der Waals surface area contributed by atoms with E-state index in [-0.39, 0.29) is 0 Å². The molecule has 0 aromatic rings. The summed E-state index contributed by atoms with van der Waals surface area (Å²) in [5.41, 5.74) is 5.96. The molecule has 1 aliphatic carbocycles. The second-order valence-corrected chi connectivity index (χ2v) is 5.88. The molecule has 1 aliphatic rings. The van der Waals surface area contributed by atoms with Gasteiger partial charge < -0.3 is 15.5 Å². The van der Waals surface area contributed by atoms with E-state index in [4.69, 9.17) is 5.73 Å². The number of nitrogens with zero attached hydrogens (tertiary/aromatic N) is 2. The Morgan fingerprint density at radius 3 is 2.18 bits per heavy atom. The summed E-state index contributed by atoms with van der Waals surface area (Å²) >= 11 is 0. The van der Waals surface area contributed by atoms with E-state index in [9.17, 15) is 0 Å². The van der Waals surface area contributed by atoms with Crippen molar-refractivity contribution < 1.29 is 0 Å². The predicted octanol–water partition coefficient (Wildman–Crippen LogP) is 1.78. The number of hydrogen-bond donors (Lipinski definition) is 1. The molecular formula is C14H31N3. The number of likely N-dealkylation sites (N-methyl/N-ethyl adjacent to an activating group) is 1. The summed E-state index contributed by atoms with van der Waals surface area (Å²) in [6.45, 7) is 7.19. The normalized spacial score (nSPS) is 25.8. The van der Waals surface area contributed by atoms with E-state index in [0.29, 0.717) is 6.04 Å². The highest BCUT2D eigenvalue weighted by molar-refractivity contribution is 4.77. The molecule has 0 radical (unpaired) electrons. The van der Waals surface area contributed by atoms with Gasteiger partial charge in [0, 0.05) is 25.7 Å². The zero-order valence-corrected chi connectivity index (χ0v) is 12.0. The van der Waals surface area contributed by atoms with E-state index in [2.05, 4.69) is 30.8 Å². The molecule has 1 rings (SSSR count). The molecule has 0 saturated heterocycles. The Bertz CT molecular complexity index is 186. The quantitative estimate of drug-likeness (QED) is 0.737. The molecule has 0 aliphatic heterocycles. The van der Waals surface area contributed by atoms with Gasteiger partial charge in [0.2, 0.25) is 0 Å². The molecule has 3 nitrogen and oxygen atoms in total. The van der Waals surface area contributed by atoms with Gasteiger partial charge in [0.25, 0.3) is 0 Å². The highest BCUT2D eigenvalue weighted by Crippen LogP contribution is 2.23. The Morgan fingerprint density at radius 1 is 1.00 bits per heavy atom. The molecule has 0 spiro atoms. The second-order valence-electron chi connectivity index (χ2n) is 5.88. The summed E-state index contributed by atoms with van der Waals surface area (Å²) in [5.74, 6) is 0.892. The fourth-order valence-electron chi connectivity index (χ4n) is 2.69. The third-order valence-electron chi connectivity index (χ3n) is 3.81. The highest BCUT2D eigenvalue weighted by Gasteiger charge is 2.20. The van der Waals surface area contributed by atoms with Crippen LogP contribution in [0.5, 0.6) is 0 Å². The molecule has 0 bridgehead atoms. The summed E-state index contributed by atoms with van der Waals surface area (Å²) in [4.78, 5) is 4.92. The van der Waals surface area contributed by atoms with Crippen molar-refractivity contribution in [2.75, 3.05) is 40.3 Å². The Balaban J connectivity index is 2.27. The Kier molecular flexibility index (Phi) is 7.09. The van der Waals surface area contributed by atoms with Crippen molar-refractivity contribution in [1.29, 1.82) is 0 Å². The van der Waals surface area contributed by atoms with Gasteiger partial charge in [0.1, 0.15) is 0 Å². The SMILES string of the molecule is CCCN(CCN(C)C)CC1CCC(N)CC1. The van der Waals surface area contributed by atoms with Crippen LogP contribution in [0, 0.1) is 5.92 Å². The molecule has 0 heterocycles. The molecule has 0 unspecified atom stereocenters. The number of hydrogen-bond acceptors (Lipinski definition) is 3. The first kappa shape index (κ1) is 14.9. The monoisotopic (exact) mass is 241 g/mol. The van der Waals surface area contributed by atoms with E-state index < -0.39 is 0 Å². The van der Waals surface area contributed by atoms with Crippen LogP contribution in [0.1, 0.15) is 39.0 Å². The van der Waals surface area contributed by atoms with Gasteiger partial charge in [-0.3, -0.25) is 0 Å². The van der Waals surface area contributed by atoms with Crippen LogP contribution in [0.15, 0.2) is 0 Å². The smallest absolute Gasteiger partial charge is 0.0109 e. The lowest BCUT2D eigenvalue weighted by atomic mass is 9.86. The van der Waals surface area contributed by atoms with Gasteiger partial charge in [-0.25, -0.2) is 0 Å². The molecule has 17 heavy (non-hydrogen) atoms. The zero-order valence-electron chi connectivity index (χ0n) is 12.0. The standard InChI is InChI=1S/C14H31N3/c1-4-9-17(11-10-16(2)3)12-13-5-7-14(15)8-6-13/h13-14H,4-12,15H2,1-3H3. The fraction of sp³-hybridized carbons (Fsp3) is 1.00. The van der Waals surface area contributed by atoms with Crippen molar-refractivity contribution in [2.24, 2.45) is 11.7 Å². The zero-order chi connectivity index (χ0) is 12.7. The van der Waals surface area contributed by atoms with Crippen molar-refractivity contribution in [1.82, 2.24) is 9.80 Å². The van der Waals surface area contributed by atoms with Crippen molar-refractivity contribution in [2.45, 2.75) is 45.1 Å². The van der Waals surface area contributed by atoms with Crippen LogP contribution in [0.2, 0.25) is 0 Å². The van der Waals surface area contributed by atoms with Gasteiger partial charge >= 0.3 is 0 Å². The van der Waals surface area contributed by atoms with E-state index in [0.717, 1.165) is 5.92 Å². The summed E-state index contributed by atoms with van der Waals surface area (Å²) < 4.78 is 0. The summed E-state index contributed by atoms with van der Waals surface area (Å²) in [7, 11) is 4.31. The van der Waals surface area contributed by atoms with Gasteiger partial charge in [0.05, 0.1) is 0 Å². The first-order chi connectivity index (χ1) is 8.11. The molecule has 1 fully saturated rings. The first-order valence-electron chi connectivity index (χ1n) is 7.24. The van der Waals surface area contributed by atoms with Gasteiger partial charge in [-0.05, 0) is 58.7 Å². The largest absolute Gasteiger partial charge is 0.328 e. The van der Waals surface area contributed by atoms with E-state index >= 15 is 0 Å². The topological polar surface area (TPSA) is 32.5 Å². The minimum atomic E-state index is 0.479. The first-order valence-corrected chi connectivity index (χ1v) is 7.24. The van der Waals surface area contributed by atoms with Crippen molar-refractivity contribution in [3.63, 3.8) is 0 Å². The predicted molar refractivity (Wildman–Crippen MR) is 75.2 cm³/mol. The summed E-state index contributed by atoms with van der Waals surface area (Å²) in [6.07, 6.45) is 6.41. The third kappa shape index (κ3) is 6.39. The molecule has 1 saturated carbocycles. The van der Waals surface area contributed by atoms with Crippen molar-refractivity contribution in [3.05, 3.63) is 0 Å². The Labute approximate surface area is 107 Å². The molecule has 0 atom stereocenters. The van der Waals surface area contributed by atoms with Gasteiger partial charge in [-0.15, -0.1) is 0 Å². The van der Waals surface area contributed by atoms with Crippen LogP contribution in [-0.2, 0) is 0 Å². The molecule has 0 aromatic carbocycles. The van der Waals surface area contributed by atoms with Crippen molar-refractivity contribution >= 4 is 0 Å². The van der Waals surface area contributed by atoms with Crippen LogP contribution in [0.3, 0.4) is 0 Å². The van der Waals surface area contributed by atoms with Crippen LogP contribution >= 0.6 is 0 Å². The maximum absolute atomic E-state index is 5.96. The lowest BCUT2D eigenvalue weighted by Gasteiger charge is -2.32. The van der Waals surface area contributed by atoms with Gasteiger partial charge in [-0.2, -0.15) is 0 Å². The van der Waals surface area contributed by atoms with Crippen molar-refractivity contribution in [3.8, 4) is 0 Å². The van der Waals surface area contributed by atoms with Crippen LogP contribution in [0.4, 0.5) is 0 Å². The van der Waals surface area contributed by atoms with Gasteiger partial charge in [-0.1, -0.05) is 6.92 Å². The fourth-order valence-corrected chi connectivity index (χ4v) is 2.69. The maximum Gasteiger partial charge on any atom is 0.0109 e. The highest BCUT2D eigenvalue weighted by atomic mass is 15.2. The molecular weight excluding hydrogens is 210 g/mol. The minimum Gasteiger partial charge on any atom is -0.328 e. The van der Waals surface area contributed by atoms with E-state index in [1.807, 2.05) is 0 Å². The number of rotatable bonds is 7. The van der Waals surface area contributed by atoms with E-state index in [1.54, 1.807) is 0 Å². The summed E-state index contributed by atoms with van der Waals surface area (Å²) in [6, 6.07) is 0.479.